The Morgan fingerprint density at radius 3 is 2.50 bits per heavy atom. The summed E-state index contributed by atoms with van der Waals surface area (Å²) >= 11 is 0. The maximum Gasteiger partial charge on any atom is 0.407 e. The summed E-state index contributed by atoms with van der Waals surface area (Å²) in [6, 6.07) is 14.0. The average Bonchev–Trinajstić information content (AvgIpc) is 3.25. The van der Waals surface area contributed by atoms with Crippen molar-refractivity contribution in [2.45, 2.75) is 77.2 Å². The molecule has 2 aliphatic heterocycles. The first-order valence-electron chi connectivity index (χ1n) is 12.9. The van der Waals surface area contributed by atoms with Gasteiger partial charge in [0, 0.05) is 31.7 Å². The van der Waals surface area contributed by atoms with Crippen LogP contribution in [0.1, 0.15) is 56.2 Å². The maximum absolute atomic E-state index is 13.3. The van der Waals surface area contributed by atoms with Gasteiger partial charge in [0.2, 0.25) is 14.2 Å². The summed E-state index contributed by atoms with van der Waals surface area (Å²) in [5, 5.41) is 7.25. The molecule has 3 N–H and O–H groups in total. The Kier molecular flexibility index (Phi) is 7.48. The number of carbonyl (C=O) groups is 2. The smallest absolute Gasteiger partial charge is 0.407 e. The lowest BCUT2D eigenvalue weighted by atomic mass is 9.88. The largest absolute Gasteiger partial charge is 0.444 e. The number of piperidine rings is 1. The zero-order chi connectivity index (χ0) is 26.1. The second-order valence-electron chi connectivity index (χ2n) is 11.5. The molecule has 8 heteroatoms. The molecule has 0 bridgehead atoms. The molecule has 36 heavy (non-hydrogen) atoms. The van der Waals surface area contributed by atoms with E-state index in [1.54, 1.807) is 0 Å². The molecule has 2 aromatic carbocycles. The SMILES string of the molecule is CC(C)(C)OC(=O)NCc1cccc(C2CCN(C(=O)C3Cc4c(cccc4[Si](C)(C)O)N3)CC2)c1. The van der Waals surface area contributed by atoms with Gasteiger partial charge in [0.15, 0.2) is 0 Å². The molecule has 0 radical (unpaired) electrons. The van der Waals surface area contributed by atoms with Crippen molar-refractivity contribution in [3.8, 4) is 0 Å². The number of anilines is 1. The minimum Gasteiger partial charge on any atom is -0.444 e. The molecular formula is C28H39N3O4Si. The van der Waals surface area contributed by atoms with Crippen LogP contribution in [0.3, 0.4) is 0 Å². The van der Waals surface area contributed by atoms with Crippen molar-refractivity contribution >= 4 is 31.2 Å². The Morgan fingerprint density at radius 2 is 1.83 bits per heavy atom. The predicted molar refractivity (Wildman–Crippen MR) is 145 cm³/mol. The molecule has 0 saturated carbocycles. The molecule has 2 aromatic rings. The van der Waals surface area contributed by atoms with Crippen molar-refractivity contribution in [1.82, 2.24) is 10.2 Å². The van der Waals surface area contributed by atoms with Crippen molar-refractivity contribution < 1.29 is 19.1 Å². The number of likely N-dealkylation sites (tertiary alicyclic amines) is 1. The maximum atomic E-state index is 13.3. The molecule has 4 rings (SSSR count). The fraction of sp³-hybridized carbons (Fsp3) is 0.500. The standard InChI is InChI=1S/C28H39N3O4Si/c1-28(2,3)35-27(33)29-18-19-8-6-9-21(16-19)20-12-14-31(15-13-20)26(32)24-17-22-23(30-24)10-7-11-25(22)36(4,5)34/h6-11,16,20,24,30,34H,12-15,17-18H2,1-5H3,(H,29,33). The van der Waals surface area contributed by atoms with Crippen molar-refractivity contribution in [3.63, 3.8) is 0 Å². The third-order valence-electron chi connectivity index (χ3n) is 6.94. The third-order valence-corrected chi connectivity index (χ3v) is 8.72. The van der Waals surface area contributed by atoms with E-state index in [0.29, 0.717) is 18.9 Å². The molecule has 1 unspecified atom stereocenters. The van der Waals surface area contributed by atoms with Crippen LogP contribution in [0, 0.1) is 0 Å². The van der Waals surface area contributed by atoms with Crippen LogP contribution < -0.4 is 15.8 Å². The number of fused-ring (bicyclic) bond motifs is 1. The number of ether oxygens (including phenoxy) is 1. The lowest BCUT2D eigenvalue weighted by Crippen LogP contribution is -2.46. The molecule has 1 saturated heterocycles. The van der Waals surface area contributed by atoms with Gasteiger partial charge in [0.25, 0.3) is 0 Å². The van der Waals surface area contributed by atoms with Gasteiger partial charge in [-0.3, -0.25) is 4.79 Å². The van der Waals surface area contributed by atoms with Crippen LogP contribution in [0.15, 0.2) is 42.5 Å². The second kappa shape index (κ2) is 10.3. The van der Waals surface area contributed by atoms with Crippen LogP contribution in [-0.2, 0) is 22.5 Å². The van der Waals surface area contributed by atoms with E-state index in [4.69, 9.17) is 4.74 Å². The van der Waals surface area contributed by atoms with E-state index in [1.807, 2.05) is 69.1 Å². The van der Waals surface area contributed by atoms with Gasteiger partial charge in [-0.1, -0.05) is 36.4 Å². The lowest BCUT2D eigenvalue weighted by Gasteiger charge is -2.34. The van der Waals surface area contributed by atoms with Crippen molar-refractivity contribution in [2.24, 2.45) is 0 Å². The molecule has 0 spiro atoms. The van der Waals surface area contributed by atoms with E-state index in [1.165, 1.54) is 5.56 Å². The fourth-order valence-electron chi connectivity index (χ4n) is 5.21. The van der Waals surface area contributed by atoms with Crippen molar-refractivity contribution in [3.05, 3.63) is 59.2 Å². The van der Waals surface area contributed by atoms with E-state index in [-0.39, 0.29) is 11.9 Å². The topological polar surface area (TPSA) is 90.9 Å². The quantitative estimate of drug-likeness (QED) is 0.533. The molecule has 7 nitrogen and oxygen atoms in total. The Bertz CT molecular complexity index is 1110. The van der Waals surface area contributed by atoms with Gasteiger partial charge in [-0.25, -0.2) is 4.79 Å². The zero-order valence-electron chi connectivity index (χ0n) is 22.1. The Labute approximate surface area is 215 Å². The average molecular weight is 510 g/mol. The second-order valence-corrected chi connectivity index (χ2v) is 15.1. The molecule has 2 aliphatic rings. The van der Waals surface area contributed by atoms with Gasteiger partial charge in [-0.05, 0) is 80.6 Å². The molecule has 2 amide bonds. The summed E-state index contributed by atoms with van der Waals surface area (Å²) in [5.74, 6) is 0.528. The van der Waals surface area contributed by atoms with Crippen molar-refractivity contribution in [2.75, 3.05) is 18.4 Å². The highest BCUT2D eigenvalue weighted by Crippen LogP contribution is 2.31. The molecular weight excluding hydrogens is 470 g/mol. The Hall–Kier alpha value is -2.84. The van der Waals surface area contributed by atoms with E-state index in [9.17, 15) is 14.4 Å². The molecule has 0 aliphatic carbocycles. The van der Waals surface area contributed by atoms with Crippen LogP contribution in [0.25, 0.3) is 0 Å². The summed E-state index contributed by atoms with van der Waals surface area (Å²) in [6.07, 6.45) is 2.04. The van der Waals surface area contributed by atoms with E-state index in [0.717, 1.165) is 47.9 Å². The van der Waals surface area contributed by atoms with E-state index in [2.05, 4.69) is 22.8 Å². The Balaban J connectivity index is 1.32. The zero-order valence-corrected chi connectivity index (χ0v) is 23.1. The molecule has 1 atom stereocenters. The minimum atomic E-state index is -2.46. The Morgan fingerprint density at radius 1 is 1.14 bits per heavy atom. The number of carbonyl (C=O) groups excluding carboxylic acids is 2. The van der Waals surface area contributed by atoms with Gasteiger partial charge in [-0.2, -0.15) is 0 Å². The van der Waals surface area contributed by atoms with Crippen LogP contribution in [0.4, 0.5) is 10.5 Å². The molecule has 2 heterocycles. The number of alkyl carbamates (subject to hydrolysis) is 1. The minimum absolute atomic E-state index is 0.142. The summed E-state index contributed by atoms with van der Waals surface area (Å²) in [6.45, 7) is 11.3. The first-order chi connectivity index (χ1) is 16.9. The summed E-state index contributed by atoms with van der Waals surface area (Å²) in [4.78, 5) is 38.0. The number of amides is 2. The summed E-state index contributed by atoms with van der Waals surface area (Å²) in [5.41, 5.74) is 3.84. The van der Waals surface area contributed by atoms with E-state index >= 15 is 0 Å². The number of hydrogen-bond acceptors (Lipinski definition) is 5. The monoisotopic (exact) mass is 509 g/mol. The predicted octanol–water partition coefficient (Wildman–Crippen LogP) is 3.86. The number of hydrogen-bond donors (Lipinski definition) is 3. The van der Waals surface area contributed by atoms with Gasteiger partial charge in [-0.15, -0.1) is 0 Å². The highest BCUT2D eigenvalue weighted by molar-refractivity contribution is 6.83. The number of nitrogens with one attached hydrogen (secondary N) is 2. The molecule has 0 aromatic heterocycles. The fourth-order valence-corrected chi connectivity index (χ4v) is 6.69. The van der Waals surface area contributed by atoms with Gasteiger partial charge in [0.1, 0.15) is 11.6 Å². The third kappa shape index (κ3) is 6.28. The number of nitrogens with zero attached hydrogens (tertiary/aromatic N) is 1. The highest BCUT2D eigenvalue weighted by Gasteiger charge is 2.36. The molecule has 1 fully saturated rings. The highest BCUT2D eigenvalue weighted by atomic mass is 28.4. The van der Waals surface area contributed by atoms with Gasteiger partial charge >= 0.3 is 6.09 Å². The van der Waals surface area contributed by atoms with Crippen molar-refractivity contribution in [1.29, 1.82) is 0 Å². The number of benzene rings is 2. The normalized spacial score (nSPS) is 18.4. The van der Waals surface area contributed by atoms with Crippen LogP contribution in [-0.4, -0.2) is 54.7 Å². The summed E-state index contributed by atoms with van der Waals surface area (Å²) in [7, 11) is -2.46. The van der Waals surface area contributed by atoms with Crippen LogP contribution in [0.5, 0.6) is 0 Å². The first-order valence-corrected chi connectivity index (χ1v) is 15.8. The van der Waals surface area contributed by atoms with Crippen LogP contribution >= 0.6 is 0 Å². The summed E-state index contributed by atoms with van der Waals surface area (Å²) < 4.78 is 5.32. The van der Waals surface area contributed by atoms with Gasteiger partial charge in [0.05, 0.1) is 0 Å². The first kappa shape index (κ1) is 26.2. The lowest BCUT2D eigenvalue weighted by molar-refractivity contribution is -0.132. The van der Waals surface area contributed by atoms with Gasteiger partial charge < -0.3 is 25.1 Å². The van der Waals surface area contributed by atoms with E-state index < -0.39 is 20.0 Å². The molecule has 194 valence electrons. The number of rotatable bonds is 5. The van der Waals surface area contributed by atoms with Crippen LogP contribution in [0.2, 0.25) is 13.1 Å².